The molecule has 0 unspecified atom stereocenters. The molecule has 0 aromatic heterocycles. The van der Waals surface area contributed by atoms with Gasteiger partial charge in [0.25, 0.3) is 0 Å². The highest BCUT2D eigenvalue weighted by atomic mass is 31.1. The van der Waals surface area contributed by atoms with Crippen molar-refractivity contribution in [3.63, 3.8) is 0 Å². The van der Waals surface area contributed by atoms with E-state index in [9.17, 15) is 0 Å². The smallest absolute Gasteiger partial charge is 0.0886 e. The molecule has 33 heavy (non-hydrogen) atoms. The predicted octanol–water partition coefficient (Wildman–Crippen LogP) is 6.90. The molecule has 1 saturated carbocycles. The lowest BCUT2D eigenvalue weighted by Gasteiger charge is -2.40. The Morgan fingerprint density at radius 1 is 0.727 bits per heavy atom. The summed E-state index contributed by atoms with van der Waals surface area (Å²) < 4.78 is 0. The third-order valence-corrected chi connectivity index (χ3v) is 15.8. The van der Waals surface area contributed by atoms with Gasteiger partial charge in [-0.2, -0.15) is 0 Å². The summed E-state index contributed by atoms with van der Waals surface area (Å²) in [6.07, 6.45) is 6.66. The molecule has 0 heterocycles. The number of hydrogen-bond acceptors (Lipinski definition) is 1. The molecule has 0 atom stereocenters. The van der Waals surface area contributed by atoms with E-state index in [2.05, 4.69) is 118 Å². The van der Waals surface area contributed by atoms with Crippen LogP contribution in [0.4, 0.5) is 5.69 Å². The Bertz CT molecular complexity index is 994. The number of benzene rings is 3. The first-order valence-corrected chi connectivity index (χ1v) is 16.9. The highest BCUT2D eigenvalue weighted by Crippen LogP contribution is 2.40. The van der Waals surface area contributed by atoms with Gasteiger partial charge in [0.1, 0.15) is 0 Å². The molecule has 0 bridgehead atoms. The molecule has 1 aliphatic carbocycles. The van der Waals surface area contributed by atoms with Crippen molar-refractivity contribution in [1.29, 1.82) is 0 Å². The van der Waals surface area contributed by atoms with Crippen LogP contribution in [0.1, 0.15) is 52.9 Å². The van der Waals surface area contributed by atoms with Gasteiger partial charge in [0.05, 0.1) is 8.07 Å². The fourth-order valence-electron chi connectivity index (χ4n) is 4.84. The summed E-state index contributed by atoms with van der Waals surface area (Å²) in [7, 11) is -2.37. The minimum Gasteiger partial charge on any atom is -0.382 e. The average Bonchev–Trinajstić information content (AvgIpc) is 2.81. The lowest BCUT2D eigenvalue weighted by molar-refractivity contribution is 0.463. The van der Waals surface area contributed by atoms with Crippen molar-refractivity contribution in [2.75, 3.05) is 5.32 Å². The Hall–Kier alpha value is -1.89. The Kier molecular flexibility index (Phi) is 7.46. The van der Waals surface area contributed by atoms with Crippen molar-refractivity contribution in [2.45, 2.75) is 77.0 Å². The van der Waals surface area contributed by atoms with Gasteiger partial charge in [0.15, 0.2) is 0 Å². The minimum atomic E-state index is -1.74. The van der Waals surface area contributed by atoms with E-state index < -0.39 is 16.0 Å². The molecule has 1 aliphatic rings. The number of para-hydroxylation sites is 1. The number of hydrogen-bond donors (Lipinski definition) is 1. The molecule has 0 amide bonds. The SMILES string of the molecule is CC(C)(C)[Si](C)(C)c1cccc(P(c2ccccc2)c2ccccc2)c1NC1CCCCC1. The van der Waals surface area contributed by atoms with Crippen LogP contribution in [0.15, 0.2) is 78.9 Å². The van der Waals surface area contributed by atoms with Crippen LogP contribution in [0.3, 0.4) is 0 Å². The zero-order chi connectivity index (χ0) is 23.5. The molecular weight excluding hydrogens is 433 g/mol. The summed E-state index contributed by atoms with van der Waals surface area (Å²) in [6, 6.07) is 30.1. The second-order valence-corrected chi connectivity index (χ2v) is 18.5. The van der Waals surface area contributed by atoms with Crippen LogP contribution >= 0.6 is 7.92 Å². The number of anilines is 1. The van der Waals surface area contributed by atoms with E-state index in [1.165, 1.54) is 53.7 Å². The van der Waals surface area contributed by atoms with Crippen LogP contribution in [-0.2, 0) is 0 Å². The van der Waals surface area contributed by atoms with E-state index in [4.69, 9.17) is 0 Å². The first-order chi connectivity index (χ1) is 15.8. The molecule has 1 nitrogen and oxygen atoms in total. The van der Waals surface area contributed by atoms with E-state index >= 15 is 0 Å². The Morgan fingerprint density at radius 3 is 1.79 bits per heavy atom. The van der Waals surface area contributed by atoms with Crippen LogP contribution in [-0.4, -0.2) is 14.1 Å². The normalized spacial score (nSPS) is 15.6. The summed E-state index contributed by atoms with van der Waals surface area (Å²) in [5.41, 5.74) is 1.45. The van der Waals surface area contributed by atoms with Crippen LogP contribution < -0.4 is 26.4 Å². The standard InChI is InChI=1S/C30H40NPSi/c1-30(2,3)33(4,5)28-23-15-22-27(29(28)31-24-16-9-6-10-17-24)32(25-18-11-7-12-19-25)26-20-13-8-14-21-26/h7-8,11-15,18-24,31H,6,9-10,16-17H2,1-5H3. The van der Waals surface area contributed by atoms with Crippen LogP contribution in [0.25, 0.3) is 0 Å². The molecule has 0 spiro atoms. The summed E-state index contributed by atoms with van der Waals surface area (Å²) in [4.78, 5) is 0. The van der Waals surface area contributed by atoms with Gasteiger partial charge in [-0.15, -0.1) is 0 Å². The molecule has 3 aromatic rings. The highest BCUT2D eigenvalue weighted by Gasteiger charge is 2.40. The maximum Gasteiger partial charge on any atom is 0.0886 e. The van der Waals surface area contributed by atoms with Gasteiger partial charge in [0.2, 0.25) is 0 Å². The minimum absolute atomic E-state index is 0.289. The van der Waals surface area contributed by atoms with E-state index in [0.29, 0.717) is 6.04 Å². The van der Waals surface area contributed by atoms with E-state index in [0.717, 1.165) is 0 Å². The van der Waals surface area contributed by atoms with Crippen LogP contribution in [0.2, 0.25) is 18.1 Å². The Balaban J connectivity index is 1.93. The summed E-state index contributed by atoms with van der Waals surface area (Å²) in [5, 5.41) is 10.4. The van der Waals surface area contributed by atoms with Crippen molar-refractivity contribution in [3.05, 3.63) is 78.9 Å². The second-order valence-electron chi connectivity index (χ2n) is 11.1. The molecule has 174 valence electrons. The van der Waals surface area contributed by atoms with E-state index in [-0.39, 0.29) is 5.04 Å². The largest absolute Gasteiger partial charge is 0.382 e. The van der Waals surface area contributed by atoms with Gasteiger partial charge >= 0.3 is 0 Å². The van der Waals surface area contributed by atoms with Crippen molar-refractivity contribution in [1.82, 2.24) is 0 Å². The Labute approximate surface area is 203 Å². The summed E-state index contributed by atoms with van der Waals surface area (Å²) in [6.45, 7) is 12.4. The van der Waals surface area contributed by atoms with E-state index in [1.807, 2.05) is 0 Å². The molecular formula is C30H40NPSi. The topological polar surface area (TPSA) is 12.0 Å². The average molecular weight is 474 g/mol. The molecule has 0 radical (unpaired) electrons. The fraction of sp³-hybridized carbons (Fsp3) is 0.400. The quantitative estimate of drug-likeness (QED) is 0.303. The zero-order valence-corrected chi connectivity index (χ0v) is 23.0. The molecule has 0 saturated heterocycles. The van der Waals surface area contributed by atoms with E-state index in [1.54, 1.807) is 5.19 Å². The van der Waals surface area contributed by atoms with Crippen LogP contribution in [0.5, 0.6) is 0 Å². The molecule has 4 rings (SSSR count). The third-order valence-electron chi connectivity index (χ3n) is 7.81. The second kappa shape index (κ2) is 10.2. The zero-order valence-electron chi connectivity index (χ0n) is 21.1. The molecule has 3 aromatic carbocycles. The highest BCUT2D eigenvalue weighted by molar-refractivity contribution is 7.80. The monoisotopic (exact) mass is 473 g/mol. The molecule has 3 heteroatoms. The van der Waals surface area contributed by atoms with Gasteiger partial charge in [0, 0.05) is 17.0 Å². The predicted molar refractivity (Wildman–Crippen MR) is 152 cm³/mol. The van der Waals surface area contributed by atoms with Crippen LogP contribution in [0, 0.1) is 0 Å². The maximum atomic E-state index is 4.17. The number of rotatable bonds is 6. The molecule has 1 N–H and O–H groups in total. The lowest BCUT2D eigenvalue weighted by Crippen LogP contribution is -2.52. The Morgan fingerprint density at radius 2 is 1.27 bits per heavy atom. The maximum absolute atomic E-state index is 4.17. The summed E-state index contributed by atoms with van der Waals surface area (Å²) >= 11 is 0. The molecule has 1 fully saturated rings. The van der Waals surface area contributed by atoms with Gasteiger partial charge in [-0.05, 0) is 41.6 Å². The third kappa shape index (κ3) is 5.28. The first-order valence-electron chi connectivity index (χ1n) is 12.6. The fourth-order valence-corrected chi connectivity index (χ4v) is 9.53. The van der Waals surface area contributed by atoms with Gasteiger partial charge in [-0.25, -0.2) is 0 Å². The van der Waals surface area contributed by atoms with Crippen molar-refractivity contribution < 1.29 is 0 Å². The van der Waals surface area contributed by atoms with Crippen molar-refractivity contribution in [3.8, 4) is 0 Å². The van der Waals surface area contributed by atoms with Crippen molar-refractivity contribution >= 4 is 42.8 Å². The van der Waals surface area contributed by atoms with Gasteiger partial charge < -0.3 is 5.32 Å². The lowest BCUT2D eigenvalue weighted by atomic mass is 9.95. The first kappa shape index (κ1) is 24.2. The van der Waals surface area contributed by atoms with Gasteiger partial charge in [-0.1, -0.05) is 132 Å². The van der Waals surface area contributed by atoms with Gasteiger partial charge in [-0.3, -0.25) is 0 Å². The molecule has 0 aliphatic heterocycles. The number of nitrogens with one attached hydrogen (secondary N) is 1. The summed E-state index contributed by atoms with van der Waals surface area (Å²) in [5.74, 6) is 0. The van der Waals surface area contributed by atoms with Crippen molar-refractivity contribution in [2.24, 2.45) is 0 Å².